The quantitative estimate of drug-likeness (QED) is 0.0417. The van der Waals surface area contributed by atoms with E-state index in [-0.39, 0.29) is 0 Å². The van der Waals surface area contributed by atoms with Crippen molar-refractivity contribution in [3.63, 3.8) is 0 Å². The van der Waals surface area contributed by atoms with Crippen LogP contribution < -0.4 is 21.9 Å². The van der Waals surface area contributed by atoms with E-state index in [4.69, 9.17) is 0 Å². The van der Waals surface area contributed by atoms with Crippen molar-refractivity contribution < 1.29 is 87.8 Å². The van der Waals surface area contributed by atoms with E-state index in [9.17, 15) is 52.7 Å². The van der Waals surface area contributed by atoms with Crippen LogP contribution in [0.3, 0.4) is 0 Å². The van der Waals surface area contributed by atoms with Crippen LogP contribution in [0, 0.1) is 116 Å². The molecule has 0 aliphatic carbocycles. The van der Waals surface area contributed by atoms with E-state index < -0.39 is 144 Å². The van der Waals surface area contributed by atoms with Crippen molar-refractivity contribution in [2.75, 3.05) is 6.26 Å². The lowest BCUT2D eigenvalue weighted by atomic mass is 9.12. The molecule has 0 aliphatic rings. The second kappa shape index (κ2) is 15.5. The van der Waals surface area contributed by atoms with Gasteiger partial charge in [-0.1, -0.05) is 30.3 Å². The van der Waals surface area contributed by atoms with E-state index in [1.54, 1.807) is 0 Å². The molecule has 0 spiro atoms. The van der Waals surface area contributed by atoms with Crippen molar-refractivity contribution in [3.8, 4) is 0 Å². The summed E-state index contributed by atoms with van der Waals surface area (Å²) in [6.45, 7) is 0. The van der Waals surface area contributed by atoms with E-state index in [2.05, 4.69) is 36.6 Å². The Morgan fingerprint density at radius 3 is 0.685 bits per heavy atom. The molecular weight excluding hydrogens is 807 g/mol. The Balaban J connectivity index is 0.000000631. The maximum Gasteiger partial charge on any atom is 0.200 e. The van der Waals surface area contributed by atoms with Crippen molar-refractivity contribution in [1.82, 2.24) is 0 Å². The van der Waals surface area contributed by atoms with E-state index >= 15 is 35.1 Å². The summed E-state index contributed by atoms with van der Waals surface area (Å²) in [5.41, 5.74) is -12.9. The molecule has 0 radical (unpaired) electrons. The van der Waals surface area contributed by atoms with E-state index in [0.717, 1.165) is 0 Å². The molecule has 288 valence electrons. The first-order valence-electron chi connectivity index (χ1n) is 14.0. The molecule has 0 bridgehead atoms. The Hall–Kier alpha value is -4.89. The van der Waals surface area contributed by atoms with Crippen LogP contribution in [0.5, 0.6) is 0 Å². The van der Waals surface area contributed by atoms with Crippen LogP contribution in [0.25, 0.3) is 0 Å². The van der Waals surface area contributed by atoms with Crippen molar-refractivity contribution in [2.24, 2.45) is 0 Å². The number of halogens is 20. The summed E-state index contributed by atoms with van der Waals surface area (Å²) in [7, 11) is 0. The lowest BCUT2D eigenvalue weighted by Gasteiger charge is -2.44. The van der Waals surface area contributed by atoms with Gasteiger partial charge in [0, 0.05) is 5.56 Å². The molecule has 0 heterocycles. The maximum atomic E-state index is 15.4. The second-order valence-corrected chi connectivity index (χ2v) is 11.7. The monoisotopic (exact) mass is 818 g/mol. The third-order valence-corrected chi connectivity index (χ3v) is 8.57. The largest absolute Gasteiger partial charge is 0.207 e. The summed E-state index contributed by atoms with van der Waals surface area (Å²) in [4.78, 5) is 0. The average Bonchev–Trinajstić information content (AvgIpc) is 3.15. The average molecular weight is 818 g/mol. The van der Waals surface area contributed by atoms with Crippen LogP contribution in [0.2, 0.25) is 0 Å². The van der Waals surface area contributed by atoms with Gasteiger partial charge >= 0.3 is 0 Å². The van der Waals surface area contributed by atoms with Gasteiger partial charge in [-0.15, -0.1) is 21.9 Å². The summed E-state index contributed by atoms with van der Waals surface area (Å²) in [6, 6.07) is 10.5. The van der Waals surface area contributed by atoms with Crippen LogP contribution >= 0.6 is 0 Å². The zero-order chi connectivity index (χ0) is 40.9. The standard InChI is InChI=1S/C24BF20.C8H10S/c26-5-1(6(27)14(35)21(42)13(5)34)25(2-7(28)15(36)22(43)16(37)8(2)29,3-9(30)17(38)23(44)18(39)10(3)31)4-11(32)19(40)24(45)20(41)12(4)33;1-9-7-8-5-3-2-4-6-8/h;2-6H,7H2,1H3/q-1;/p+1. The summed E-state index contributed by atoms with van der Waals surface area (Å²) in [5.74, 6) is -70.2. The van der Waals surface area contributed by atoms with Gasteiger partial charge in [-0.3, -0.25) is 0 Å². The Kier molecular flexibility index (Phi) is 12.0. The third kappa shape index (κ3) is 6.30. The highest BCUT2D eigenvalue weighted by Crippen LogP contribution is 2.30. The molecule has 5 rings (SSSR count). The molecule has 0 amide bonds. The van der Waals surface area contributed by atoms with Crippen molar-refractivity contribution >= 4 is 39.8 Å². The van der Waals surface area contributed by atoms with Gasteiger partial charge in [-0.25, -0.2) is 87.8 Å². The van der Waals surface area contributed by atoms with Crippen molar-refractivity contribution in [2.45, 2.75) is 5.75 Å². The molecule has 5 aromatic rings. The highest BCUT2D eigenvalue weighted by molar-refractivity contribution is 7.76. The van der Waals surface area contributed by atoms with Crippen LogP contribution in [0.1, 0.15) is 5.56 Å². The molecule has 0 saturated heterocycles. The molecule has 0 nitrogen and oxygen atoms in total. The van der Waals surface area contributed by atoms with Crippen LogP contribution in [0.15, 0.2) is 30.3 Å². The molecule has 0 unspecified atom stereocenters. The molecule has 0 aromatic heterocycles. The van der Waals surface area contributed by atoms with Gasteiger partial charge in [0.2, 0.25) is 0 Å². The van der Waals surface area contributed by atoms with Gasteiger partial charge in [-0.05, 0) is 11.8 Å². The molecule has 0 aliphatic heterocycles. The van der Waals surface area contributed by atoms with Crippen LogP contribution in [0.4, 0.5) is 87.8 Å². The fraction of sp³-hybridized carbons (Fsp3) is 0.0625. The number of benzene rings is 5. The molecule has 0 saturated carbocycles. The minimum Gasteiger partial charge on any atom is -0.207 e. The Morgan fingerprint density at radius 1 is 0.315 bits per heavy atom. The molecule has 54 heavy (non-hydrogen) atoms. The van der Waals surface area contributed by atoms with Crippen molar-refractivity contribution in [3.05, 3.63) is 152 Å². The highest BCUT2D eigenvalue weighted by Gasteiger charge is 2.52. The van der Waals surface area contributed by atoms with Crippen molar-refractivity contribution in [1.29, 1.82) is 0 Å². The second-order valence-electron chi connectivity index (χ2n) is 10.8. The Morgan fingerprint density at radius 2 is 0.500 bits per heavy atom. The SMILES string of the molecule is C[SH+]Cc1ccccc1.Fc1c(F)c(F)c([B-](c2c(F)c(F)c(F)c(F)c2F)(c2c(F)c(F)c(F)c(F)c2F)c2c(F)c(F)c(F)c(F)c2F)c(F)c1F. The van der Waals surface area contributed by atoms with Gasteiger partial charge in [0.05, 0.1) is 6.26 Å². The molecule has 0 fully saturated rings. The fourth-order valence-corrected chi connectivity index (χ4v) is 6.22. The minimum absolute atomic E-state index is 1.18. The number of hydrogen-bond donors (Lipinski definition) is 0. The first-order chi connectivity index (χ1) is 25.1. The summed E-state index contributed by atoms with van der Waals surface area (Å²) >= 11 is 1.44. The van der Waals surface area contributed by atoms with Gasteiger partial charge < -0.3 is 0 Å². The molecule has 0 atom stereocenters. The van der Waals surface area contributed by atoms with Gasteiger partial charge in [0.15, 0.2) is 69.8 Å². The van der Waals surface area contributed by atoms with Gasteiger partial charge in [0.25, 0.3) is 0 Å². The summed E-state index contributed by atoms with van der Waals surface area (Å²) < 4.78 is 294. The minimum atomic E-state index is -7.22. The number of thiol groups is 1. The van der Waals surface area contributed by atoms with Gasteiger partial charge in [-0.2, -0.15) is 0 Å². The predicted octanol–water partition coefficient (Wildman–Crippen LogP) is 7.48. The maximum absolute atomic E-state index is 15.4. The predicted molar refractivity (Wildman–Crippen MR) is 154 cm³/mol. The number of rotatable bonds is 6. The fourth-order valence-electron chi connectivity index (χ4n) is 5.64. The van der Waals surface area contributed by atoms with E-state index in [1.165, 1.54) is 23.1 Å². The normalized spacial score (nSPS) is 11.6. The first-order valence-corrected chi connectivity index (χ1v) is 15.5. The zero-order valence-electron chi connectivity index (χ0n) is 25.7. The smallest absolute Gasteiger partial charge is 0.200 e. The Bertz CT molecular complexity index is 1910. The lowest BCUT2D eigenvalue weighted by Crippen LogP contribution is -2.81. The van der Waals surface area contributed by atoms with E-state index in [1.807, 2.05) is 0 Å². The topological polar surface area (TPSA) is 0 Å². The summed E-state index contributed by atoms with van der Waals surface area (Å²) in [6.07, 6.45) is -5.04. The summed E-state index contributed by atoms with van der Waals surface area (Å²) in [5, 5.41) is 0. The van der Waals surface area contributed by atoms with Crippen LogP contribution in [-0.4, -0.2) is 12.4 Å². The third-order valence-electron chi connectivity index (χ3n) is 7.89. The van der Waals surface area contributed by atoms with Crippen LogP contribution in [-0.2, 0) is 17.5 Å². The first kappa shape index (κ1) is 41.9. The number of hydrogen-bond acceptors (Lipinski definition) is 0. The molecule has 0 N–H and O–H groups in total. The molecule has 22 heteroatoms. The molecule has 5 aromatic carbocycles. The van der Waals surface area contributed by atoms with Gasteiger partial charge in [0.1, 0.15) is 58.4 Å². The zero-order valence-corrected chi connectivity index (χ0v) is 26.6. The Labute approximate surface area is 291 Å². The lowest BCUT2D eigenvalue weighted by molar-refractivity contribution is 0.378. The highest BCUT2D eigenvalue weighted by atomic mass is 32.2. The molecular formula is C32H11BF20S. The van der Waals surface area contributed by atoms with E-state index in [0.29, 0.717) is 0 Å².